The second-order valence-electron chi connectivity index (χ2n) is 4.14. The van der Waals surface area contributed by atoms with Crippen molar-refractivity contribution in [3.8, 4) is 0 Å². The van der Waals surface area contributed by atoms with Crippen molar-refractivity contribution in [2.45, 2.75) is 38.3 Å². The summed E-state index contributed by atoms with van der Waals surface area (Å²) in [5, 5.41) is 0. The molecule has 1 saturated carbocycles. The zero-order valence-electron chi connectivity index (χ0n) is 8.87. The first-order valence-electron chi connectivity index (χ1n) is 4.95. The standard InChI is InChI=1S/C11H13F5/c1-3-9(11(14,15)16)7(2)4-8-5-10(12,13)6-8/h3,8H,2,4-6H2,1H3/b9-3+. The molecule has 0 unspecified atom stereocenters. The Morgan fingerprint density at radius 2 is 1.88 bits per heavy atom. The normalized spacial score (nSPS) is 21.8. The monoisotopic (exact) mass is 240 g/mol. The molecule has 16 heavy (non-hydrogen) atoms. The molecule has 0 N–H and O–H groups in total. The van der Waals surface area contributed by atoms with E-state index in [0.717, 1.165) is 6.08 Å². The predicted octanol–water partition coefficient (Wildman–Crippen LogP) is 4.49. The van der Waals surface area contributed by atoms with E-state index in [4.69, 9.17) is 0 Å². The van der Waals surface area contributed by atoms with Crippen molar-refractivity contribution in [1.29, 1.82) is 0 Å². The highest BCUT2D eigenvalue weighted by atomic mass is 19.4. The van der Waals surface area contributed by atoms with Crippen LogP contribution in [0.4, 0.5) is 22.0 Å². The molecular formula is C11H13F5. The fourth-order valence-electron chi connectivity index (χ4n) is 1.96. The van der Waals surface area contributed by atoms with Gasteiger partial charge < -0.3 is 0 Å². The number of halogens is 5. The molecule has 0 heterocycles. The minimum atomic E-state index is -4.45. The van der Waals surface area contributed by atoms with E-state index in [1.807, 2.05) is 0 Å². The van der Waals surface area contributed by atoms with E-state index in [2.05, 4.69) is 6.58 Å². The molecule has 0 aromatic rings. The maximum atomic E-state index is 12.5. The highest BCUT2D eigenvalue weighted by Gasteiger charge is 2.46. The van der Waals surface area contributed by atoms with Gasteiger partial charge in [-0.25, -0.2) is 8.78 Å². The summed E-state index contributed by atoms with van der Waals surface area (Å²) in [6.45, 7) is 4.60. The number of hydrogen-bond donors (Lipinski definition) is 0. The molecule has 0 aromatic carbocycles. The molecular weight excluding hydrogens is 227 g/mol. The average Bonchev–Trinajstić information content (AvgIpc) is 1.98. The Bertz CT molecular complexity index is 303. The van der Waals surface area contributed by atoms with Crippen LogP contribution in [-0.2, 0) is 0 Å². The summed E-state index contributed by atoms with van der Waals surface area (Å²) in [5.74, 6) is -3.07. The van der Waals surface area contributed by atoms with Crippen molar-refractivity contribution >= 4 is 0 Å². The zero-order chi connectivity index (χ0) is 12.6. The SMILES string of the molecule is C=C(CC1CC(F)(F)C1)/C(=C\C)C(F)(F)F. The van der Waals surface area contributed by atoms with Gasteiger partial charge in [-0.3, -0.25) is 0 Å². The first-order valence-corrected chi connectivity index (χ1v) is 4.95. The van der Waals surface area contributed by atoms with Crippen molar-refractivity contribution in [2.75, 3.05) is 0 Å². The Morgan fingerprint density at radius 3 is 2.19 bits per heavy atom. The van der Waals surface area contributed by atoms with Gasteiger partial charge in [-0.1, -0.05) is 12.7 Å². The maximum absolute atomic E-state index is 12.5. The third-order valence-corrected chi connectivity index (χ3v) is 2.68. The highest BCUT2D eigenvalue weighted by molar-refractivity contribution is 5.32. The summed E-state index contributed by atoms with van der Waals surface area (Å²) in [5.41, 5.74) is -0.904. The molecule has 1 rings (SSSR count). The van der Waals surface area contributed by atoms with E-state index in [-0.39, 0.29) is 30.8 Å². The molecule has 92 valence electrons. The molecule has 1 fully saturated rings. The Balaban J connectivity index is 2.54. The molecule has 0 aromatic heterocycles. The second-order valence-corrected chi connectivity index (χ2v) is 4.14. The van der Waals surface area contributed by atoms with E-state index >= 15 is 0 Å². The lowest BCUT2D eigenvalue weighted by Crippen LogP contribution is -2.35. The molecule has 0 radical (unpaired) electrons. The van der Waals surface area contributed by atoms with E-state index in [0.29, 0.717) is 0 Å². The van der Waals surface area contributed by atoms with E-state index in [9.17, 15) is 22.0 Å². The van der Waals surface area contributed by atoms with Crippen LogP contribution >= 0.6 is 0 Å². The van der Waals surface area contributed by atoms with E-state index in [1.165, 1.54) is 6.92 Å². The summed E-state index contributed by atoms with van der Waals surface area (Å²) in [6, 6.07) is 0. The topological polar surface area (TPSA) is 0 Å². The van der Waals surface area contributed by atoms with Gasteiger partial charge >= 0.3 is 6.18 Å². The number of rotatable bonds is 3. The molecule has 0 nitrogen and oxygen atoms in total. The van der Waals surface area contributed by atoms with Crippen molar-refractivity contribution in [3.63, 3.8) is 0 Å². The lowest BCUT2D eigenvalue weighted by Gasteiger charge is -2.35. The van der Waals surface area contributed by atoms with Crippen LogP contribution in [-0.4, -0.2) is 12.1 Å². The average molecular weight is 240 g/mol. The lowest BCUT2D eigenvalue weighted by molar-refractivity contribution is -0.111. The Labute approximate surface area is 90.8 Å². The van der Waals surface area contributed by atoms with Crippen LogP contribution < -0.4 is 0 Å². The molecule has 0 aliphatic heterocycles. The molecule has 0 spiro atoms. The third-order valence-electron chi connectivity index (χ3n) is 2.68. The van der Waals surface area contributed by atoms with Gasteiger partial charge in [-0.2, -0.15) is 13.2 Å². The van der Waals surface area contributed by atoms with Crippen LogP contribution in [0.3, 0.4) is 0 Å². The van der Waals surface area contributed by atoms with Gasteiger partial charge in [-0.05, 0) is 24.8 Å². The number of allylic oxidation sites excluding steroid dienone is 3. The molecule has 1 aliphatic carbocycles. The van der Waals surface area contributed by atoms with Gasteiger partial charge in [0.05, 0.1) is 5.57 Å². The van der Waals surface area contributed by atoms with Gasteiger partial charge in [0.15, 0.2) is 0 Å². The quantitative estimate of drug-likeness (QED) is 0.503. The van der Waals surface area contributed by atoms with Crippen LogP contribution in [0.25, 0.3) is 0 Å². The van der Waals surface area contributed by atoms with Crippen molar-refractivity contribution in [3.05, 3.63) is 23.8 Å². The molecule has 0 atom stereocenters. The Morgan fingerprint density at radius 1 is 1.38 bits per heavy atom. The van der Waals surface area contributed by atoms with Crippen LogP contribution in [0.1, 0.15) is 26.2 Å². The first-order chi connectivity index (χ1) is 7.15. The smallest absolute Gasteiger partial charge is 0.207 e. The summed E-state index contributed by atoms with van der Waals surface area (Å²) >= 11 is 0. The minimum Gasteiger partial charge on any atom is -0.207 e. The van der Waals surface area contributed by atoms with Gasteiger partial charge in [0.2, 0.25) is 5.92 Å². The highest BCUT2D eigenvalue weighted by Crippen LogP contribution is 2.46. The molecule has 0 saturated heterocycles. The van der Waals surface area contributed by atoms with Crippen molar-refractivity contribution in [1.82, 2.24) is 0 Å². The summed E-state index contributed by atoms with van der Waals surface area (Å²) < 4.78 is 62.2. The van der Waals surface area contributed by atoms with Gasteiger partial charge in [0.1, 0.15) is 0 Å². The van der Waals surface area contributed by atoms with E-state index < -0.39 is 17.7 Å². The van der Waals surface area contributed by atoms with E-state index in [1.54, 1.807) is 0 Å². The Hall–Kier alpha value is -0.870. The summed E-state index contributed by atoms with van der Waals surface area (Å²) in [7, 11) is 0. The minimum absolute atomic E-state index is 0.00519. The fourth-order valence-corrected chi connectivity index (χ4v) is 1.96. The van der Waals surface area contributed by atoms with Gasteiger partial charge in [0, 0.05) is 12.8 Å². The zero-order valence-corrected chi connectivity index (χ0v) is 8.87. The third kappa shape index (κ3) is 3.06. The predicted molar refractivity (Wildman–Crippen MR) is 51.2 cm³/mol. The number of alkyl halides is 5. The first kappa shape index (κ1) is 13.2. The Kier molecular flexibility index (Phi) is 3.45. The molecule has 0 amide bonds. The maximum Gasteiger partial charge on any atom is 0.416 e. The second kappa shape index (κ2) is 4.18. The lowest BCUT2D eigenvalue weighted by atomic mass is 9.76. The molecule has 0 bridgehead atoms. The van der Waals surface area contributed by atoms with Crippen LogP contribution in [0.5, 0.6) is 0 Å². The van der Waals surface area contributed by atoms with Gasteiger partial charge in [0.25, 0.3) is 0 Å². The molecule has 5 heteroatoms. The van der Waals surface area contributed by atoms with Crippen LogP contribution in [0.2, 0.25) is 0 Å². The van der Waals surface area contributed by atoms with Crippen molar-refractivity contribution in [2.24, 2.45) is 5.92 Å². The fraction of sp³-hybridized carbons (Fsp3) is 0.636. The van der Waals surface area contributed by atoms with Crippen LogP contribution in [0, 0.1) is 5.92 Å². The van der Waals surface area contributed by atoms with Gasteiger partial charge in [-0.15, -0.1) is 0 Å². The molecule has 1 aliphatic rings. The van der Waals surface area contributed by atoms with Crippen LogP contribution in [0.15, 0.2) is 23.8 Å². The van der Waals surface area contributed by atoms with Crippen molar-refractivity contribution < 1.29 is 22.0 Å². The summed E-state index contributed by atoms with van der Waals surface area (Å²) in [6.07, 6.45) is -4.19. The largest absolute Gasteiger partial charge is 0.416 e. The number of hydrogen-bond acceptors (Lipinski definition) is 0. The summed E-state index contributed by atoms with van der Waals surface area (Å²) in [4.78, 5) is 0.